The molecule has 0 spiro atoms. The molecule has 1 aliphatic heterocycles. The Bertz CT molecular complexity index is 625. The molecule has 21 heavy (non-hydrogen) atoms. The molecule has 108 valence electrons. The van der Waals surface area contributed by atoms with Crippen LogP contribution in [0.1, 0.15) is 17.0 Å². The second kappa shape index (κ2) is 7.70. The summed E-state index contributed by atoms with van der Waals surface area (Å²) in [6, 6.07) is 16.4. The highest BCUT2D eigenvalue weighted by Gasteiger charge is 2.27. The number of hydrogen-bond donors (Lipinski definition) is 2. The smallest absolute Gasteiger partial charge is 0.489 e. The maximum Gasteiger partial charge on any atom is 0.542 e. The molecule has 5 heteroatoms. The highest BCUT2D eigenvalue weighted by atomic mass is 31.1. The third-order valence-electron chi connectivity index (χ3n) is 2.86. The van der Waals surface area contributed by atoms with Crippen molar-refractivity contribution in [3.05, 3.63) is 71.8 Å². The molecule has 2 atom stereocenters. The van der Waals surface area contributed by atoms with Gasteiger partial charge in [0, 0.05) is 11.1 Å². The third-order valence-corrected chi connectivity index (χ3v) is 3.57. The van der Waals surface area contributed by atoms with Gasteiger partial charge in [-0.05, 0) is 16.7 Å². The van der Waals surface area contributed by atoms with Crippen molar-refractivity contribution in [3.63, 3.8) is 0 Å². The quantitative estimate of drug-likeness (QED) is 0.833. The predicted molar refractivity (Wildman–Crippen MR) is 82.2 cm³/mol. The Morgan fingerprint density at radius 2 is 1.71 bits per heavy atom. The molecular formula is C16H16O4P+. The van der Waals surface area contributed by atoms with Gasteiger partial charge in [-0.25, -0.2) is 0 Å². The van der Waals surface area contributed by atoms with Crippen LogP contribution in [-0.2, 0) is 4.57 Å². The fourth-order valence-electron chi connectivity index (χ4n) is 1.82. The summed E-state index contributed by atoms with van der Waals surface area (Å²) in [5.41, 5.74) is 1.64. The minimum absolute atomic E-state index is 0.469. The number of aliphatic hydroxyl groups is 1. The van der Waals surface area contributed by atoms with E-state index in [0.717, 1.165) is 5.75 Å². The summed E-state index contributed by atoms with van der Waals surface area (Å²) in [5, 5.41) is 9.06. The maximum atomic E-state index is 10.4. The average molecular weight is 303 g/mol. The number of fused-ring (bicyclic) bond motifs is 1. The van der Waals surface area contributed by atoms with Crippen LogP contribution in [0.15, 0.2) is 60.7 Å². The largest absolute Gasteiger partial charge is 0.542 e. The van der Waals surface area contributed by atoms with Crippen molar-refractivity contribution in [2.75, 3.05) is 6.61 Å². The Balaban J connectivity index is 0.000000154. The lowest BCUT2D eigenvalue weighted by molar-refractivity contribution is 0.243. The summed E-state index contributed by atoms with van der Waals surface area (Å²) in [6.45, 7) is 0.705. The molecule has 0 bridgehead atoms. The molecule has 1 heterocycles. The Labute approximate surface area is 124 Å². The molecule has 0 radical (unpaired) electrons. The molecule has 0 aromatic heterocycles. The van der Waals surface area contributed by atoms with Crippen molar-refractivity contribution in [2.24, 2.45) is 0 Å². The number of hydrogen-bond acceptors (Lipinski definition) is 3. The summed E-state index contributed by atoms with van der Waals surface area (Å²) in [6.07, 6.45) is 4.10. The van der Waals surface area contributed by atoms with Gasteiger partial charge in [-0.1, -0.05) is 54.6 Å². The Kier molecular flexibility index (Phi) is 5.64. The maximum absolute atomic E-state index is 10.4. The summed E-state index contributed by atoms with van der Waals surface area (Å²) in [5.74, 6) is -0.267. The van der Waals surface area contributed by atoms with Crippen LogP contribution in [0.2, 0.25) is 0 Å². The monoisotopic (exact) mass is 303 g/mol. The molecule has 1 aliphatic rings. The third kappa shape index (κ3) is 4.50. The van der Waals surface area contributed by atoms with E-state index in [-0.39, 0.29) is 0 Å². The molecule has 0 saturated carbocycles. The predicted octanol–water partition coefficient (Wildman–Crippen LogP) is 3.50. The minimum atomic E-state index is -2.53. The number of rotatable bonds is 2. The number of para-hydroxylation sites is 1. The molecule has 0 saturated heterocycles. The molecule has 3 rings (SSSR count). The van der Waals surface area contributed by atoms with Crippen molar-refractivity contribution in [1.82, 2.24) is 0 Å². The van der Waals surface area contributed by atoms with Crippen molar-refractivity contribution in [2.45, 2.75) is 5.85 Å². The van der Waals surface area contributed by atoms with Gasteiger partial charge >= 0.3 is 13.9 Å². The van der Waals surface area contributed by atoms with Crippen molar-refractivity contribution < 1.29 is 19.3 Å². The van der Waals surface area contributed by atoms with Crippen LogP contribution in [0.5, 0.6) is 5.75 Å². The molecule has 2 unspecified atom stereocenters. The van der Waals surface area contributed by atoms with Crippen LogP contribution in [0.4, 0.5) is 0 Å². The van der Waals surface area contributed by atoms with Gasteiger partial charge in [0.05, 0.1) is 0 Å². The van der Waals surface area contributed by atoms with Crippen LogP contribution in [0.3, 0.4) is 0 Å². The van der Waals surface area contributed by atoms with Gasteiger partial charge in [0.15, 0.2) is 0 Å². The second-order valence-electron chi connectivity index (χ2n) is 4.34. The van der Waals surface area contributed by atoms with E-state index in [1.54, 1.807) is 30.3 Å². The first-order valence-electron chi connectivity index (χ1n) is 6.45. The first-order valence-corrected chi connectivity index (χ1v) is 7.73. The first-order chi connectivity index (χ1) is 10.2. The van der Waals surface area contributed by atoms with E-state index in [9.17, 15) is 4.57 Å². The minimum Gasteiger partial charge on any atom is -0.489 e. The number of aliphatic hydroxyl groups excluding tert-OH is 1. The lowest BCUT2D eigenvalue weighted by atomic mass is 10.1. The van der Waals surface area contributed by atoms with E-state index < -0.39 is 13.9 Å². The molecule has 0 aliphatic carbocycles. The number of benzene rings is 2. The first kappa shape index (κ1) is 15.4. The van der Waals surface area contributed by atoms with Gasteiger partial charge < -0.3 is 9.84 Å². The average Bonchev–Trinajstić information content (AvgIpc) is 2.55. The fourth-order valence-corrected chi connectivity index (χ4v) is 2.24. The van der Waals surface area contributed by atoms with Crippen LogP contribution < -0.4 is 4.74 Å². The van der Waals surface area contributed by atoms with Crippen LogP contribution in [-0.4, -0.2) is 16.6 Å². The fraction of sp³-hybridized carbons (Fsp3) is 0.125. The van der Waals surface area contributed by atoms with Gasteiger partial charge in [-0.2, -0.15) is 4.89 Å². The standard InChI is InChI=1S/C9H8O.C7H7O3P/c1-2-6-9-8(4-1)5-3-7-10-9;8-7(11(9)10)6-4-2-1-3-5-6/h1-6H,7H2;1-5,7-8H/p+1. The Morgan fingerprint density at radius 3 is 2.38 bits per heavy atom. The van der Waals surface area contributed by atoms with Crippen molar-refractivity contribution in [3.8, 4) is 5.75 Å². The molecule has 2 N–H and O–H groups in total. The van der Waals surface area contributed by atoms with E-state index in [2.05, 4.69) is 6.08 Å². The second-order valence-corrected chi connectivity index (χ2v) is 5.43. The van der Waals surface area contributed by atoms with Gasteiger partial charge in [-0.3, -0.25) is 0 Å². The van der Waals surface area contributed by atoms with Crippen molar-refractivity contribution in [1.29, 1.82) is 0 Å². The Hall–Kier alpha value is -2.00. The summed E-state index contributed by atoms with van der Waals surface area (Å²) in [4.78, 5) is 8.53. The van der Waals surface area contributed by atoms with E-state index in [0.29, 0.717) is 12.2 Å². The lowest BCUT2D eigenvalue weighted by Crippen LogP contribution is -1.98. The highest BCUT2D eigenvalue weighted by molar-refractivity contribution is 7.38. The summed E-state index contributed by atoms with van der Waals surface area (Å²) in [7, 11) is -2.53. The molecule has 2 aromatic carbocycles. The zero-order valence-electron chi connectivity index (χ0n) is 11.3. The molecule has 4 nitrogen and oxygen atoms in total. The van der Waals surface area contributed by atoms with E-state index >= 15 is 0 Å². The van der Waals surface area contributed by atoms with Crippen LogP contribution in [0.25, 0.3) is 6.08 Å². The number of ether oxygens (including phenoxy) is 1. The highest BCUT2D eigenvalue weighted by Crippen LogP contribution is 2.34. The van der Waals surface area contributed by atoms with Crippen LogP contribution in [0, 0.1) is 0 Å². The van der Waals surface area contributed by atoms with Gasteiger partial charge in [-0.15, -0.1) is 0 Å². The Morgan fingerprint density at radius 1 is 1.05 bits per heavy atom. The lowest BCUT2D eigenvalue weighted by Gasteiger charge is -2.10. The van der Waals surface area contributed by atoms with Gasteiger partial charge in [0.2, 0.25) is 0 Å². The zero-order valence-corrected chi connectivity index (χ0v) is 12.2. The van der Waals surface area contributed by atoms with E-state index in [1.165, 1.54) is 5.56 Å². The van der Waals surface area contributed by atoms with Gasteiger partial charge in [0.1, 0.15) is 12.4 Å². The molecule has 0 fully saturated rings. The van der Waals surface area contributed by atoms with E-state index in [4.69, 9.17) is 14.7 Å². The molecule has 2 aromatic rings. The van der Waals surface area contributed by atoms with Crippen molar-refractivity contribution >= 4 is 14.1 Å². The summed E-state index contributed by atoms with van der Waals surface area (Å²) < 4.78 is 15.7. The molecular weight excluding hydrogens is 287 g/mol. The zero-order chi connectivity index (χ0) is 15.1. The van der Waals surface area contributed by atoms with Gasteiger partial charge in [0.25, 0.3) is 0 Å². The normalized spacial score (nSPS) is 14.1. The SMILES string of the molecule is C1=Cc2ccccc2OC1.O=[P+](O)C(O)c1ccccc1. The molecule has 0 amide bonds. The van der Waals surface area contributed by atoms with Crippen LogP contribution >= 0.6 is 8.03 Å². The summed E-state index contributed by atoms with van der Waals surface area (Å²) >= 11 is 0. The topological polar surface area (TPSA) is 66.8 Å². The van der Waals surface area contributed by atoms with E-state index in [1.807, 2.05) is 30.3 Å².